The number of hydrogen-bond donors (Lipinski definition) is 1. The van der Waals surface area contributed by atoms with E-state index in [0.29, 0.717) is 12.6 Å². The van der Waals surface area contributed by atoms with Crippen LogP contribution in [0.25, 0.3) is 0 Å². The molecular weight excluding hydrogens is 256 g/mol. The van der Waals surface area contributed by atoms with Crippen LogP contribution in [0.4, 0.5) is 0 Å². The van der Waals surface area contributed by atoms with Crippen LogP contribution in [0.1, 0.15) is 33.1 Å². The summed E-state index contributed by atoms with van der Waals surface area (Å²) in [6.45, 7) is 8.32. The molecule has 0 aliphatic carbocycles. The SMILES string of the molecule is COCC(=O)N[C@@H]1COCCC12CCN(C(C)C)CC2. The molecule has 2 saturated heterocycles. The monoisotopic (exact) mass is 284 g/mol. The Labute approximate surface area is 122 Å². The molecule has 5 nitrogen and oxygen atoms in total. The van der Waals surface area contributed by atoms with Crippen molar-refractivity contribution >= 4 is 5.91 Å². The van der Waals surface area contributed by atoms with Gasteiger partial charge in [0.2, 0.25) is 5.91 Å². The number of carbonyl (C=O) groups excluding carboxylic acids is 1. The van der Waals surface area contributed by atoms with E-state index in [1.54, 1.807) is 7.11 Å². The number of methoxy groups -OCH3 is 1. The molecule has 1 amide bonds. The van der Waals surface area contributed by atoms with Crippen molar-refractivity contribution in [3.05, 3.63) is 0 Å². The second kappa shape index (κ2) is 6.87. The van der Waals surface area contributed by atoms with Gasteiger partial charge in [-0.25, -0.2) is 0 Å². The lowest BCUT2D eigenvalue weighted by molar-refractivity contribution is -0.130. The minimum Gasteiger partial charge on any atom is -0.379 e. The fraction of sp³-hybridized carbons (Fsp3) is 0.933. The Balaban J connectivity index is 1.98. The summed E-state index contributed by atoms with van der Waals surface area (Å²) >= 11 is 0. The van der Waals surface area contributed by atoms with Gasteiger partial charge >= 0.3 is 0 Å². The molecule has 116 valence electrons. The van der Waals surface area contributed by atoms with Crippen LogP contribution >= 0.6 is 0 Å². The maximum absolute atomic E-state index is 11.8. The summed E-state index contributed by atoms with van der Waals surface area (Å²) < 4.78 is 10.5. The predicted molar refractivity (Wildman–Crippen MR) is 77.6 cm³/mol. The lowest BCUT2D eigenvalue weighted by Gasteiger charge is -2.49. The van der Waals surface area contributed by atoms with Crippen LogP contribution in [-0.2, 0) is 14.3 Å². The maximum atomic E-state index is 11.8. The molecule has 20 heavy (non-hydrogen) atoms. The number of nitrogens with zero attached hydrogens (tertiary/aromatic N) is 1. The lowest BCUT2D eigenvalue weighted by atomic mass is 9.69. The third-order valence-electron chi connectivity index (χ3n) is 4.90. The minimum atomic E-state index is -0.0336. The standard InChI is InChI=1S/C15H28N2O3/c1-12(2)17-7-4-15(5-8-17)6-9-20-10-13(15)16-14(18)11-19-3/h12-13H,4-11H2,1-3H3,(H,16,18)/t13-/m1/s1. The van der Waals surface area contributed by atoms with Gasteiger partial charge in [0.15, 0.2) is 0 Å². The summed E-state index contributed by atoms with van der Waals surface area (Å²) in [5.74, 6) is -0.0336. The van der Waals surface area contributed by atoms with E-state index in [4.69, 9.17) is 9.47 Å². The van der Waals surface area contributed by atoms with Gasteiger partial charge in [-0.2, -0.15) is 0 Å². The molecule has 1 N–H and O–H groups in total. The zero-order valence-corrected chi connectivity index (χ0v) is 13.0. The normalized spacial score (nSPS) is 26.9. The van der Waals surface area contributed by atoms with Crippen LogP contribution in [0.3, 0.4) is 0 Å². The second-order valence-corrected chi connectivity index (χ2v) is 6.37. The van der Waals surface area contributed by atoms with Crippen molar-refractivity contribution in [2.24, 2.45) is 5.41 Å². The molecule has 2 aliphatic heterocycles. The highest BCUT2D eigenvalue weighted by atomic mass is 16.5. The van der Waals surface area contributed by atoms with Crippen molar-refractivity contribution in [2.45, 2.75) is 45.2 Å². The van der Waals surface area contributed by atoms with Crippen LogP contribution < -0.4 is 5.32 Å². The Morgan fingerprint density at radius 3 is 2.70 bits per heavy atom. The summed E-state index contributed by atoms with van der Waals surface area (Å²) in [5.41, 5.74) is 0.215. The number of piperidine rings is 1. The van der Waals surface area contributed by atoms with Gasteiger partial charge in [0.25, 0.3) is 0 Å². The summed E-state index contributed by atoms with van der Waals surface area (Å²) in [7, 11) is 1.55. The minimum absolute atomic E-state index is 0.0336. The highest BCUT2D eigenvalue weighted by Gasteiger charge is 2.44. The first-order valence-electron chi connectivity index (χ1n) is 7.67. The first kappa shape index (κ1) is 15.7. The van der Waals surface area contributed by atoms with Crippen molar-refractivity contribution in [3.63, 3.8) is 0 Å². The molecule has 0 bridgehead atoms. The molecule has 0 saturated carbocycles. The van der Waals surface area contributed by atoms with E-state index >= 15 is 0 Å². The fourth-order valence-corrected chi connectivity index (χ4v) is 3.47. The van der Waals surface area contributed by atoms with Gasteiger partial charge in [0.05, 0.1) is 12.6 Å². The molecular formula is C15H28N2O3. The van der Waals surface area contributed by atoms with Crippen molar-refractivity contribution in [3.8, 4) is 0 Å². The molecule has 0 aromatic carbocycles. The average Bonchev–Trinajstić information content (AvgIpc) is 2.42. The summed E-state index contributed by atoms with van der Waals surface area (Å²) in [6, 6.07) is 0.738. The number of rotatable bonds is 4. The Kier molecular flexibility index (Phi) is 5.41. The molecule has 0 aromatic heterocycles. The molecule has 2 rings (SSSR count). The average molecular weight is 284 g/mol. The number of carbonyl (C=O) groups is 1. The number of amides is 1. The van der Waals surface area contributed by atoms with Crippen molar-refractivity contribution < 1.29 is 14.3 Å². The molecule has 0 aromatic rings. The van der Waals surface area contributed by atoms with Crippen LogP contribution in [0.2, 0.25) is 0 Å². The molecule has 2 fully saturated rings. The van der Waals surface area contributed by atoms with E-state index in [2.05, 4.69) is 24.1 Å². The predicted octanol–water partition coefficient (Wildman–Crippen LogP) is 1.03. The van der Waals surface area contributed by atoms with Gasteiger partial charge in [-0.15, -0.1) is 0 Å². The molecule has 2 heterocycles. The number of hydrogen-bond acceptors (Lipinski definition) is 4. The summed E-state index contributed by atoms with van der Waals surface area (Å²) in [4.78, 5) is 14.3. The topological polar surface area (TPSA) is 50.8 Å². The smallest absolute Gasteiger partial charge is 0.246 e. The molecule has 1 spiro atoms. The van der Waals surface area contributed by atoms with E-state index < -0.39 is 0 Å². The van der Waals surface area contributed by atoms with Crippen LogP contribution in [0.15, 0.2) is 0 Å². The molecule has 0 unspecified atom stereocenters. The van der Waals surface area contributed by atoms with Crippen molar-refractivity contribution in [2.75, 3.05) is 40.0 Å². The van der Waals surface area contributed by atoms with Gasteiger partial charge in [0.1, 0.15) is 6.61 Å². The summed E-state index contributed by atoms with van der Waals surface area (Å²) in [6.07, 6.45) is 3.34. The molecule has 2 aliphatic rings. The first-order valence-corrected chi connectivity index (χ1v) is 7.67. The zero-order chi connectivity index (χ0) is 14.6. The fourth-order valence-electron chi connectivity index (χ4n) is 3.47. The highest BCUT2D eigenvalue weighted by Crippen LogP contribution is 2.41. The van der Waals surface area contributed by atoms with Gasteiger partial charge in [0, 0.05) is 19.8 Å². The maximum Gasteiger partial charge on any atom is 0.246 e. The van der Waals surface area contributed by atoms with Crippen LogP contribution in [0, 0.1) is 5.41 Å². The van der Waals surface area contributed by atoms with E-state index in [-0.39, 0.29) is 24.0 Å². The largest absolute Gasteiger partial charge is 0.379 e. The highest BCUT2D eigenvalue weighted by molar-refractivity contribution is 5.77. The van der Waals surface area contributed by atoms with Crippen molar-refractivity contribution in [1.82, 2.24) is 10.2 Å². The van der Waals surface area contributed by atoms with Crippen molar-refractivity contribution in [1.29, 1.82) is 0 Å². The number of nitrogens with one attached hydrogen (secondary N) is 1. The Hall–Kier alpha value is -0.650. The summed E-state index contributed by atoms with van der Waals surface area (Å²) in [5, 5.41) is 3.12. The Bertz CT molecular complexity index is 325. The van der Waals surface area contributed by atoms with Gasteiger partial charge in [-0.05, 0) is 51.6 Å². The number of likely N-dealkylation sites (tertiary alicyclic amines) is 1. The second-order valence-electron chi connectivity index (χ2n) is 6.37. The third-order valence-corrected chi connectivity index (χ3v) is 4.90. The van der Waals surface area contributed by atoms with Gasteiger partial charge in [-0.1, -0.05) is 0 Å². The third kappa shape index (κ3) is 3.51. The molecule has 1 atom stereocenters. The van der Waals surface area contributed by atoms with Gasteiger partial charge in [-0.3, -0.25) is 4.79 Å². The number of ether oxygens (including phenoxy) is 2. The van der Waals surface area contributed by atoms with E-state index in [0.717, 1.165) is 39.0 Å². The van der Waals surface area contributed by atoms with Crippen LogP contribution in [-0.4, -0.2) is 62.9 Å². The molecule has 5 heteroatoms. The first-order chi connectivity index (χ1) is 9.57. The van der Waals surface area contributed by atoms with E-state index in [9.17, 15) is 4.79 Å². The van der Waals surface area contributed by atoms with E-state index in [1.807, 2.05) is 0 Å². The zero-order valence-electron chi connectivity index (χ0n) is 13.0. The van der Waals surface area contributed by atoms with Crippen LogP contribution in [0.5, 0.6) is 0 Å². The van der Waals surface area contributed by atoms with Gasteiger partial charge < -0.3 is 19.7 Å². The van der Waals surface area contributed by atoms with E-state index in [1.165, 1.54) is 0 Å². The quantitative estimate of drug-likeness (QED) is 0.838. The Morgan fingerprint density at radius 1 is 1.40 bits per heavy atom. The lowest BCUT2D eigenvalue weighted by Crippen LogP contribution is -2.58. The Morgan fingerprint density at radius 2 is 2.10 bits per heavy atom. The molecule has 0 radical (unpaired) electrons.